The molecule has 0 radical (unpaired) electrons. The standard InChI is InChI=1S/C13H16N2O5S/c1-20-13(17)9-7-12(16)15(8-9)11-6-4-3-5-10(11)14-21(2,18)19/h3-6,9,14H,7-8H2,1-2H3. The summed E-state index contributed by atoms with van der Waals surface area (Å²) in [6.45, 7) is 0.175. The fourth-order valence-corrected chi connectivity index (χ4v) is 2.83. The van der Waals surface area contributed by atoms with Gasteiger partial charge < -0.3 is 9.64 Å². The van der Waals surface area contributed by atoms with Gasteiger partial charge in [0.15, 0.2) is 0 Å². The van der Waals surface area contributed by atoms with E-state index in [2.05, 4.69) is 9.46 Å². The normalized spacial score (nSPS) is 18.7. The lowest BCUT2D eigenvalue weighted by Gasteiger charge is -2.20. The highest BCUT2D eigenvalue weighted by molar-refractivity contribution is 7.92. The Morgan fingerprint density at radius 3 is 2.67 bits per heavy atom. The molecule has 0 saturated carbocycles. The fourth-order valence-electron chi connectivity index (χ4n) is 2.26. The molecule has 8 heteroatoms. The molecule has 1 aliphatic heterocycles. The molecule has 1 aliphatic rings. The van der Waals surface area contributed by atoms with E-state index < -0.39 is 21.9 Å². The lowest BCUT2D eigenvalue weighted by molar-refractivity contribution is -0.145. The molecule has 0 bridgehead atoms. The number of sulfonamides is 1. The van der Waals surface area contributed by atoms with Gasteiger partial charge in [0, 0.05) is 13.0 Å². The molecule has 1 atom stereocenters. The smallest absolute Gasteiger partial charge is 0.311 e. The number of anilines is 2. The maximum atomic E-state index is 12.1. The van der Waals surface area contributed by atoms with E-state index in [1.165, 1.54) is 12.0 Å². The zero-order valence-electron chi connectivity index (χ0n) is 11.7. The molecule has 1 amide bonds. The largest absolute Gasteiger partial charge is 0.469 e. The first-order chi connectivity index (χ1) is 9.81. The van der Waals surface area contributed by atoms with Crippen molar-refractivity contribution in [3.8, 4) is 0 Å². The second kappa shape index (κ2) is 5.72. The summed E-state index contributed by atoms with van der Waals surface area (Å²) in [7, 11) is -2.19. The highest BCUT2D eigenvalue weighted by atomic mass is 32.2. The van der Waals surface area contributed by atoms with E-state index in [0.29, 0.717) is 11.4 Å². The van der Waals surface area contributed by atoms with Crippen LogP contribution in [-0.2, 0) is 24.3 Å². The van der Waals surface area contributed by atoms with Gasteiger partial charge in [-0.05, 0) is 12.1 Å². The van der Waals surface area contributed by atoms with E-state index in [1.54, 1.807) is 24.3 Å². The lowest BCUT2D eigenvalue weighted by atomic mass is 10.1. The number of ether oxygens (including phenoxy) is 1. The summed E-state index contributed by atoms with van der Waals surface area (Å²) in [5, 5.41) is 0. The highest BCUT2D eigenvalue weighted by Crippen LogP contribution is 2.32. The Kier molecular flexibility index (Phi) is 4.17. The van der Waals surface area contributed by atoms with Gasteiger partial charge in [-0.1, -0.05) is 12.1 Å². The summed E-state index contributed by atoms with van der Waals surface area (Å²) in [4.78, 5) is 25.0. The number of para-hydroxylation sites is 2. The number of carbonyl (C=O) groups is 2. The summed E-state index contributed by atoms with van der Waals surface area (Å²) < 4.78 is 29.8. The van der Waals surface area contributed by atoms with Crippen molar-refractivity contribution in [2.24, 2.45) is 5.92 Å². The Morgan fingerprint density at radius 2 is 2.05 bits per heavy atom. The second-order valence-electron chi connectivity index (χ2n) is 4.82. The lowest BCUT2D eigenvalue weighted by Crippen LogP contribution is -2.27. The van der Waals surface area contributed by atoms with Crippen LogP contribution in [0.3, 0.4) is 0 Å². The van der Waals surface area contributed by atoms with Crippen LogP contribution in [0.2, 0.25) is 0 Å². The van der Waals surface area contributed by atoms with Gasteiger partial charge in [0.05, 0.1) is 30.7 Å². The third-order valence-electron chi connectivity index (χ3n) is 3.15. The number of methoxy groups -OCH3 is 1. The molecule has 114 valence electrons. The van der Waals surface area contributed by atoms with Crippen molar-refractivity contribution in [2.45, 2.75) is 6.42 Å². The molecule has 1 N–H and O–H groups in total. The predicted octanol–water partition coefficient (Wildman–Crippen LogP) is 0.584. The number of hydrogen-bond donors (Lipinski definition) is 1. The molecule has 1 aromatic carbocycles. The maximum absolute atomic E-state index is 12.1. The van der Waals surface area contributed by atoms with Gasteiger partial charge >= 0.3 is 5.97 Å². The number of nitrogens with one attached hydrogen (secondary N) is 1. The van der Waals surface area contributed by atoms with E-state index in [9.17, 15) is 18.0 Å². The average Bonchev–Trinajstić information content (AvgIpc) is 2.79. The van der Waals surface area contributed by atoms with Gasteiger partial charge in [0.25, 0.3) is 0 Å². The number of nitrogens with zero attached hydrogens (tertiary/aromatic N) is 1. The molecule has 1 unspecified atom stereocenters. The molecular formula is C13H16N2O5S. The molecule has 1 heterocycles. The van der Waals surface area contributed by atoms with Crippen molar-refractivity contribution >= 4 is 33.3 Å². The van der Waals surface area contributed by atoms with Crippen molar-refractivity contribution in [2.75, 3.05) is 29.5 Å². The molecular weight excluding hydrogens is 296 g/mol. The molecule has 2 rings (SSSR count). The summed E-state index contributed by atoms with van der Waals surface area (Å²) >= 11 is 0. The first-order valence-electron chi connectivity index (χ1n) is 6.27. The van der Waals surface area contributed by atoms with E-state index >= 15 is 0 Å². The minimum absolute atomic E-state index is 0.0554. The molecule has 7 nitrogen and oxygen atoms in total. The number of esters is 1. The van der Waals surface area contributed by atoms with Crippen molar-refractivity contribution in [1.29, 1.82) is 0 Å². The fraction of sp³-hybridized carbons (Fsp3) is 0.385. The Hall–Kier alpha value is -2.09. The number of rotatable bonds is 4. The average molecular weight is 312 g/mol. The van der Waals surface area contributed by atoms with Crippen LogP contribution in [0.15, 0.2) is 24.3 Å². The molecule has 1 fully saturated rings. The predicted molar refractivity (Wildman–Crippen MR) is 77.4 cm³/mol. The number of carbonyl (C=O) groups excluding carboxylic acids is 2. The molecule has 0 aliphatic carbocycles. The molecule has 21 heavy (non-hydrogen) atoms. The van der Waals surface area contributed by atoms with Gasteiger partial charge in [0.2, 0.25) is 15.9 Å². The Balaban J connectivity index is 2.30. The van der Waals surface area contributed by atoms with Crippen LogP contribution in [-0.4, -0.2) is 40.2 Å². The first kappa shape index (κ1) is 15.3. The van der Waals surface area contributed by atoms with Gasteiger partial charge in [0.1, 0.15) is 0 Å². The van der Waals surface area contributed by atoms with Crippen LogP contribution in [0, 0.1) is 5.92 Å². The van der Waals surface area contributed by atoms with Crippen molar-refractivity contribution in [1.82, 2.24) is 0 Å². The number of benzene rings is 1. The van der Waals surface area contributed by atoms with Crippen molar-refractivity contribution in [3.05, 3.63) is 24.3 Å². The Labute approximate surface area is 122 Å². The minimum Gasteiger partial charge on any atom is -0.469 e. The molecule has 0 spiro atoms. The third kappa shape index (κ3) is 3.52. The SMILES string of the molecule is COC(=O)C1CC(=O)N(c2ccccc2NS(C)(=O)=O)C1. The van der Waals surface area contributed by atoms with Gasteiger partial charge in [-0.3, -0.25) is 14.3 Å². The van der Waals surface area contributed by atoms with Gasteiger partial charge in [-0.15, -0.1) is 0 Å². The topological polar surface area (TPSA) is 92.8 Å². The second-order valence-corrected chi connectivity index (χ2v) is 6.57. The zero-order valence-corrected chi connectivity index (χ0v) is 12.5. The van der Waals surface area contributed by atoms with E-state index in [4.69, 9.17) is 0 Å². The van der Waals surface area contributed by atoms with Crippen LogP contribution in [0.4, 0.5) is 11.4 Å². The van der Waals surface area contributed by atoms with Gasteiger partial charge in [-0.25, -0.2) is 8.42 Å². The van der Waals surface area contributed by atoms with E-state index in [1.807, 2.05) is 0 Å². The van der Waals surface area contributed by atoms with Crippen molar-refractivity contribution in [3.63, 3.8) is 0 Å². The first-order valence-corrected chi connectivity index (χ1v) is 8.16. The number of hydrogen-bond acceptors (Lipinski definition) is 5. The summed E-state index contributed by atoms with van der Waals surface area (Å²) in [6.07, 6.45) is 1.09. The monoisotopic (exact) mass is 312 g/mol. The molecule has 1 aromatic rings. The summed E-state index contributed by atoms with van der Waals surface area (Å²) in [6, 6.07) is 6.55. The quantitative estimate of drug-likeness (QED) is 0.821. The van der Waals surface area contributed by atoms with Crippen molar-refractivity contribution < 1.29 is 22.7 Å². The van der Waals surface area contributed by atoms with Gasteiger partial charge in [-0.2, -0.15) is 0 Å². The maximum Gasteiger partial charge on any atom is 0.311 e. The summed E-state index contributed by atoms with van der Waals surface area (Å²) in [5.74, 6) is -1.22. The van der Waals surface area contributed by atoms with Crippen LogP contribution < -0.4 is 9.62 Å². The Bertz CT molecular complexity index is 671. The minimum atomic E-state index is -3.46. The third-order valence-corrected chi connectivity index (χ3v) is 3.74. The van der Waals surface area contributed by atoms with Crippen LogP contribution in [0.1, 0.15) is 6.42 Å². The van der Waals surface area contributed by atoms with E-state index in [0.717, 1.165) is 6.26 Å². The van der Waals surface area contributed by atoms with Crippen LogP contribution in [0.25, 0.3) is 0 Å². The van der Waals surface area contributed by atoms with E-state index in [-0.39, 0.29) is 18.9 Å². The van der Waals surface area contributed by atoms with Crippen LogP contribution >= 0.6 is 0 Å². The highest BCUT2D eigenvalue weighted by Gasteiger charge is 2.36. The Morgan fingerprint density at radius 1 is 1.38 bits per heavy atom. The number of amides is 1. The molecule has 0 aromatic heterocycles. The molecule has 1 saturated heterocycles. The van der Waals surface area contributed by atoms with Crippen LogP contribution in [0.5, 0.6) is 0 Å². The summed E-state index contributed by atoms with van der Waals surface area (Å²) in [5.41, 5.74) is 0.734. The zero-order chi connectivity index (χ0) is 15.6.